The fraction of sp³-hybridized carbons (Fsp3) is 0.611. The molecule has 1 atom stereocenters. The molecule has 2 rings (SSSR count). The topological polar surface area (TPSA) is 39.7 Å². The van der Waals surface area contributed by atoms with Crippen LogP contribution in [0.15, 0.2) is 23.2 Å². The Morgan fingerprint density at radius 2 is 2.04 bits per heavy atom. The van der Waals surface area contributed by atoms with E-state index in [1.165, 1.54) is 12.1 Å². The first-order valence-corrected chi connectivity index (χ1v) is 8.64. The molecule has 7 heteroatoms. The maximum atomic E-state index is 13.4. The predicted octanol–water partition coefficient (Wildman–Crippen LogP) is 3.62. The van der Waals surface area contributed by atoms with Crippen LogP contribution in [0.5, 0.6) is 0 Å². The van der Waals surface area contributed by atoms with Gasteiger partial charge in [-0.05, 0) is 36.8 Å². The average Bonchev–Trinajstić information content (AvgIpc) is 3.02. The van der Waals surface area contributed by atoms with E-state index in [9.17, 15) is 8.78 Å². The lowest BCUT2D eigenvalue weighted by atomic mass is 10.1. The number of nitrogens with zero attached hydrogens (tertiary/aromatic N) is 2. The number of guanidine groups is 1. The van der Waals surface area contributed by atoms with Gasteiger partial charge in [-0.2, -0.15) is 0 Å². The fourth-order valence-corrected chi connectivity index (χ4v) is 2.86. The third kappa shape index (κ3) is 6.95. The Balaban J connectivity index is 0.00000312. The van der Waals surface area contributed by atoms with Crippen LogP contribution in [-0.4, -0.2) is 39.2 Å². The fourth-order valence-electron chi connectivity index (χ4n) is 2.86. The Kier molecular flexibility index (Phi) is 9.45. The highest BCUT2D eigenvalue weighted by Gasteiger charge is 2.23. The molecule has 25 heavy (non-hydrogen) atoms. The first kappa shape index (κ1) is 21.9. The number of rotatable bonds is 6. The first-order chi connectivity index (χ1) is 11.5. The van der Waals surface area contributed by atoms with Gasteiger partial charge in [0.25, 0.3) is 0 Å². The lowest BCUT2D eigenvalue weighted by Gasteiger charge is -2.19. The Morgan fingerprint density at radius 1 is 1.28 bits per heavy atom. The molecule has 0 spiro atoms. The second-order valence-corrected chi connectivity index (χ2v) is 6.76. The number of aliphatic imine (C=N–C) groups is 1. The summed E-state index contributed by atoms with van der Waals surface area (Å²) in [4.78, 5) is 6.33. The van der Waals surface area contributed by atoms with Gasteiger partial charge in [-0.1, -0.05) is 13.8 Å². The highest BCUT2D eigenvalue weighted by Crippen LogP contribution is 2.24. The first-order valence-electron chi connectivity index (χ1n) is 8.64. The minimum absolute atomic E-state index is 0. The smallest absolute Gasteiger partial charge is 0.190 e. The summed E-state index contributed by atoms with van der Waals surface area (Å²) in [6, 6.07) is 4.11. The van der Waals surface area contributed by atoms with Gasteiger partial charge in [0, 0.05) is 45.0 Å². The van der Waals surface area contributed by atoms with Crippen molar-refractivity contribution < 1.29 is 8.78 Å². The molecule has 1 aromatic rings. The molecular weight excluding hydrogens is 437 g/mol. The van der Waals surface area contributed by atoms with Gasteiger partial charge in [0.1, 0.15) is 0 Å². The molecule has 1 heterocycles. The van der Waals surface area contributed by atoms with Gasteiger partial charge in [-0.25, -0.2) is 8.78 Å². The molecule has 4 nitrogen and oxygen atoms in total. The van der Waals surface area contributed by atoms with Crippen molar-refractivity contribution in [1.29, 1.82) is 0 Å². The van der Waals surface area contributed by atoms with Crippen LogP contribution in [0.2, 0.25) is 0 Å². The normalized spacial score (nSPS) is 17.6. The van der Waals surface area contributed by atoms with Crippen LogP contribution >= 0.6 is 24.0 Å². The van der Waals surface area contributed by atoms with Crippen LogP contribution in [0.1, 0.15) is 26.7 Å². The van der Waals surface area contributed by atoms with Crippen molar-refractivity contribution in [3.8, 4) is 0 Å². The molecule has 1 aromatic carbocycles. The van der Waals surface area contributed by atoms with Crippen molar-refractivity contribution in [2.24, 2.45) is 16.8 Å². The summed E-state index contributed by atoms with van der Waals surface area (Å²) in [5.74, 6) is 0.357. The van der Waals surface area contributed by atoms with E-state index in [0.29, 0.717) is 11.8 Å². The SMILES string of the molecule is CN=C(NCCC(C)C)NCC1CCN(c2ccc(F)c(F)c2)C1.I. The molecule has 1 saturated heterocycles. The van der Waals surface area contributed by atoms with E-state index in [-0.39, 0.29) is 24.0 Å². The van der Waals surface area contributed by atoms with Gasteiger partial charge in [-0.15, -0.1) is 24.0 Å². The van der Waals surface area contributed by atoms with Gasteiger partial charge in [0.05, 0.1) is 0 Å². The molecule has 2 N–H and O–H groups in total. The van der Waals surface area contributed by atoms with Gasteiger partial charge in [0.2, 0.25) is 0 Å². The van der Waals surface area contributed by atoms with Gasteiger partial charge in [-0.3, -0.25) is 4.99 Å². The van der Waals surface area contributed by atoms with E-state index in [1.54, 1.807) is 13.1 Å². The summed E-state index contributed by atoms with van der Waals surface area (Å²) >= 11 is 0. The molecule has 1 unspecified atom stereocenters. The van der Waals surface area contributed by atoms with Crippen molar-refractivity contribution in [2.75, 3.05) is 38.1 Å². The van der Waals surface area contributed by atoms with Crippen LogP contribution < -0.4 is 15.5 Å². The monoisotopic (exact) mass is 466 g/mol. The molecule has 0 aliphatic carbocycles. The van der Waals surface area contributed by atoms with E-state index in [4.69, 9.17) is 0 Å². The summed E-state index contributed by atoms with van der Waals surface area (Å²) in [6.45, 7) is 7.81. The summed E-state index contributed by atoms with van der Waals surface area (Å²) in [5, 5.41) is 6.67. The van der Waals surface area contributed by atoms with E-state index in [0.717, 1.165) is 50.7 Å². The van der Waals surface area contributed by atoms with Gasteiger partial charge >= 0.3 is 0 Å². The summed E-state index contributed by atoms with van der Waals surface area (Å²) in [5.41, 5.74) is 0.746. The zero-order valence-corrected chi connectivity index (χ0v) is 17.5. The van der Waals surface area contributed by atoms with Crippen molar-refractivity contribution in [3.05, 3.63) is 29.8 Å². The highest BCUT2D eigenvalue weighted by atomic mass is 127. The summed E-state index contributed by atoms with van der Waals surface area (Å²) in [6.07, 6.45) is 2.13. The average molecular weight is 466 g/mol. The Bertz CT molecular complexity index is 566. The van der Waals surface area contributed by atoms with Crippen molar-refractivity contribution >= 4 is 35.6 Å². The molecule has 0 saturated carbocycles. The zero-order chi connectivity index (χ0) is 17.5. The van der Waals surface area contributed by atoms with Crippen LogP contribution in [0, 0.1) is 23.5 Å². The second kappa shape index (κ2) is 10.8. The van der Waals surface area contributed by atoms with Crippen LogP contribution in [0.25, 0.3) is 0 Å². The quantitative estimate of drug-likeness (QED) is 0.382. The maximum absolute atomic E-state index is 13.4. The van der Waals surface area contributed by atoms with Crippen LogP contribution in [-0.2, 0) is 0 Å². The lowest BCUT2D eigenvalue weighted by molar-refractivity contribution is 0.508. The highest BCUT2D eigenvalue weighted by molar-refractivity contribution is 14.0. The number of anilines is 1. The Labute approximate surface area is 166 Å². The molecular formula is C18H29F2IN4. The van der Waals surface area contributed by atoms with Gasteiger partial charge in [0.15, 0.2) is 17.6 Å². The number of nitrogens with one attached hydrogen (secondary N) is 2. The summed E-state index contributed by atoms with van der Waals surface area (Å²) < 4.78 is 26.4. The lowest BCUT2D eigenvalue weighted by Crippen LogP contribution is -2.40. The van der Waals surface area contributed by atoms with Crippen LogP contribution in [0.4, 0.5) is 14.5 Å². The molecule has 1 aliphatic rings. The molecule has 0 bridgehead atoms. The Morgan fingerprint density at radius 3 is 2.68 bits per heavy atom. The number of halogens is 3. The molecule has 0 aromatic heterocycles. The van der Waals surface area contributed by atoms with Crippen molar-refractivity contribution in [3.63, 3.8) is 0 Å². The van der Waals surface area contributed by atoms with E-state index in [2.05, 4.69) is 34.4 Å². The molecule has 0 amide bonds. The number of hydrogen-bond donors (Lipinski definition) is 2. The second-order valence-electron chi connectivity index (χ2n) is 6.76. The zero-order valence-electron chi connectivity index (χ0n) is 15.2. The Hall–Kier alpha value is -1.12. The largest absolute Gasteiger partial charge is 0.371 e. The van der Waals surface area contributed by atoms with Crippen molar-refractivity contribution in [1.82, 2.24) is 10.6 Å². The van der Waals surface area contributed by atoms with Crippen LogP contribution in [0.3, 0.4) is 0 Å². The van der Waals surface area contributed by atoms with E-state index < -0.39 is 11.6 Å². The molecule has 142 valence electrons. The predicted molar refractivity (Wildman–Crippen MR) is 111 cm³/mol. The standard InChI is InChI=1S/C18H28F2N4.HI/c1-13(2)6-8-22-18(21-3)23-11-14-7-9-24(12-14)15-4-5-16(19)17(20)10-15;/h4-5,10,13-14H,6-9,11-12H2,1-3H3,(H2,21,22,23);1H. The van der Waals surface area contributed by atoms with E-state index in [1.807, 2.05) is 0 Å². The number of benzene rings is 1. The van der Waals surface area contributed by atoms with Gasteiger partial charge < -0.3 is 15.5 Å². The number of hydrogen-bond acceptors (Lipinski definition) is 2. The summed E-state index contributed by atoms with van der Waals surface area (Å²) in [7, 11) is 1.77. The molecule has 1 fully saturated rings. The molecule has 1 aliphatic heterocycles. The minimum Gasteiger partial charge on any atom is -0.371 e. The van der Waals surface area contributed by atoms with E-state index >= 15 is 0 Å². The van der Waals surface area contributed by atoms with Crippen molar-refractivity contribution in [2.45, 2.75) is 26.7 Å². The molecule has 0 radical (unpaired) electrons. The third-order valence-corrected chi connectivity index (χ3v) is 4.35. The maximum Gasteiger partial charge on any atom is 0.190 e. The minimum atomic E-state index is -0.799. The third-order valence-electron chi connectivity index (χ3n) is 4.35.